The third-order valence-electron chi connectivity index (χ3n) is 5.50. The molecule has 0 aliphatic carbocycles. The van der Waals surface area contributed by atoms with Crippen molar-refractivity contribution in [1.29, 1.82) is 0 Å². The van der Waals surface area contributed by atoms with Crippen LogP contribution in [0.5, 0.6) is 5.75 Å². The average molecular weight is 433 g/mol. The van der Waals surface area contributed by atoms with Gasteiger partial charge in [0.1, 0.15) is 12.4 Å². The predicted octanol–water partition coefficient (Wildman–Crippen LogP) is 3.39. The van der Waals surface area contributed by atoms with E-state index >= 15 is 0 Å². The van der Waals surface area contributed by atoms with Crippen LogP contribution in [0.15, 0.2) is 82.4 Å². The first-order chi connectivity index (χ1) is 15.7. The van der Waals surface area contributed by atoms with E-state index in [9.17, 15) is 4.79 Å². The molecule has 0 atom stereocenters. The molecule has 2 aromatic carbocycles. The molecule has 1 fully saturated rings. The molecule has 4 rings (SSSR count). The Hall–Kier alpha value is -3.74. The Bertz CT molecular complexity index is 1030. The Morgan fingerprint density at radius 1 is 0.938 bits per heavy atom. The second-order valence-corrected chi connectivity index (χ2v) is 7.53. The number of rotatable bonds is 6. The van der Waals surface area contributed by atoms with Crippen LogP contribution in [0.4, 0.5) is 0 Å². The van der Waals surface area contributed by atoms with Crippen LogP contribution in [0.1, 0.15) is 21.7 Å². The Labute approximate surface area is 188 Å². The highest BCUT2D eigenvalue weighted by atomic mass is 16.5. The SMILES string of the molecule is CN=C(NCc1ccccc1COc1ccccc1)N1CCN(C(=O)c2ccco2)CC1. The summed E-state index contributed by atoms with van der Waals surface area (Å²) in [6.07, 6.45) is 1.53. The summed E-state index contributed by atoms with van der Waals surface area (Å²) in [4.78, 5) is 20.9. The standard InChI is InChI=1S/C25H28N4O3/c1-26-25(29-15-13-28(14-16-29)24(30)23-12-7-17-31-23)27-18-20-8-5-6-9-21(20)19-32-22-10-3-2-4-11-22/h2-12,17H,13-16,18-19H2,1H3,(H,26,27). The van der Waals surface area contributed by atoms with Gasteiger partial charge < -0.3 is 24.3 Å². The summed E-state index contributed by atoms with van der Waals surface area (Å²) < 4.78 is 11.2. The Balaban J connectivity index is 1.31. The first-order valence-corrected chi connectivity index (χ1v) is 10.8. The summed E-state index contributed by atoms with van der Waals surface area (Å²) in [5, 5.41) is 3.46. The van der Waals surface area contributed by atoms with E-state index in [0.717, 1.165) is 22.8 Å². The number of amides is 1. The lowest BCUT2D eigenvalue weighted by Gasteiger charge is -2.36. The number of aliphatic imine (C=N–C) groups is 1. The van der Waals surface area contributed by atoms with Crippen LogP contribution in [-0.4, -0.2) is 54.9 Å². The second-order valence-electron chi connectivity index (χ2n) is 7.53. The lowest BCUT2D eigenvalue weighted by molar-refractivity contribution is 0.0657. The highest BCUT2D eigenvalue weighted by molar-refractivity contribution is 5.91. The zero-order valence-corrected chi connectivity index (χ0v) is 18.2. The monoisotopic (exact) mass is 432 g/mol. The number of guanidine groups is 1. The molecule has 7 heteroatoms. The molecule has 1 saturated heterocycles. The van der Waals surface area contributed by atoms with E-state index in [1.807, 2.05) is 47.4 Å². The smallest absolute Gasteiger partial charge is 0.289 e. The maximum absolute atomic E-state index is 12.5. The number of hydrogen-bond acceptors (Lipinski definition) is 4. The molecule has 0 unspecified atom stereocenters. The molecule has 166 valence electrons. The van der Waals surface area contributed by atoms with Crippen LogP contribution in [0.2, 0.25) is 0 Å². The first kappa shape index (κ1) is 21.5. The molecule has 1 aromatic heterocycles. The number of benzene rings is 2. The van der Waals surface area contributed by atoms with Crippen molar-refractivity contribution >= 4 is 11.9 Å². The second kappa shape index (κ2) is 10.5. The molecule has 32 heavy (non-hydrogen) atoms. The van der Waals surface area contributed by atoms with E-state index in [-0.39, 0.29) is 5.91 Å². The molecule has 0 bridgehead atoms. The highest BCUT2D eigenvalue weighted by Crippen LogP contribution is 2.15. The molecule has 1 aliphatic rings. The fraction of sp³-hybridized carbons (Fsp3) is 0.280. The molecule has 7 nitrogen and oxygen atoms in total. The third-order valence-corrected chi connectivity index (χ3v) is 5.50. The molecular formula is C25H28N4O3. The van der Waals surface area contributed by atoms with Crippen molar-refractivity contribution in [2.24, 2.45) is 4.99 Å². The Morgan fingerprint density at radius 3 is 2.31 bits per heavy atom. The molecular weight excluding hydrogens is 404 g/mol. The van der Waals surface area contributed by atoms with E-state index in [1.165, 1.54) is 6.26 Å². The lowest BCUT2D eigenvalue weighted by Crippen LogP contribution is -2.53. The zero-order valence-electron chi connectivity index (χ0n) is 18.2. The summed E-state index contributed by atoms with van der Waals surface area (Å²) in [6, 6.07) is 21.5. The molecule has 1 N–H and O–H groups in total. The minimum Gasteiger partial charge on any atom is -0.489 e. The zero-order chi connectivity index (χ0) is 22.2. The van der Waals surface area contributed by atoms with Crippen LogP contribution < -0.4 is 10.1 Å². The van der Waals surface area contributed by atoms with Gasteiger partial charge in [0.05, 0.1) is 6.26 Å². The number of nitrogens with one attached hydrogen (secondary N) is 1. The third kappa shape index (κ3) is 5.29. The summed E-state index contributed by atoms with van der Waals surface area (Å²) in [6.45, 7) is 3.83. The van der Waals surface area contributed by atoms with Gasteiger partial charge in [0, 0.05) is 39.8 Å². The van der Waals surface area contributed by atoms with Crippen molar-refractivity contribution in [3.05, 3.63) is 89.9 Å². The van der Waals surface area contributed by atoms with Crippen LogP contribution in [-0.2, 0) is 13.2 Å². The minimum absolute atomic E-state index is 0.0649. The number of carbonyl (C=O) groups excluding carboxylic acids is 1. The van der Waals surface area contributed by atoms with E-state index in [4.69, 9.17) is 9.15 Å². The molecule has 3 aromatic rings. The van der Waals surface area contributed by atoms with E-state index in [0.29, 0.717) is 45.1 Å². The van der Waals surface area contributed by atoms with Gasteiger partial charge in [0.25, 0.3) is 5.91 Å². The van der Waals surface area contributed by atoms with Crippen LogP contribution >= 0.6 is 0 Å². The number of nitrogens with zero attached hydrogens (tertiary/aromatic N) is 3. The van der Waals surface area contributed by atoms with Crippen molar-refractivity contribution in [3.63, 3.8) is 0 Å². The normalized spacial score (nSPS) is 14.3. The van der Waals surface area contributed by atoms with Crippen molar-refractivity contribution < 1.29 is 13.9 Å². The topological polar surface area (TPSA) is 70.3 Å². The predicted molar refractivity (Wildman–Crippen MR) is 124 cm³/mol. The molecule has 1 aliphatic heterocycles. The molecule has 0 spiro atoms. The van der Waals surface area contributed by atoms with Crippen LogP contribution in [0.25, 0.3) is 0 Å². The average Bonchev–Trinajstić information content (AvgIpc) is 3.39. The Morgan fingerprint density at radius 2 is 1.62 bits per heavy atom. The van der Waals surface area contributed by atoms with E-state index in [1.54, 1.807) is 19.2 Å². The van der Waals surface area contributed by atoms with Gasteiger partial charge in [-0.2, -0.15) is 0 Å². The van der Waals surface area contributed by atoms with Gasteiger partial charge in [-0.3, -0.25) is 9.79 Å². The van der Waals surface area contributed by atoms with Gasteiger partial charge in [-0.05, 0) is 35.4 Å². The van der Waals surface area contributed by atoms with Gasteiger partial charge in [-0.15, -0.1) is 0 Å². The van der Waals surface area contributed by atoms with E-state index in [2.05, 4.69) is 27.3 Å². The lowest BCUT2D eigenvalue weighted by atomic mass is 10.1. The fourth-order valence-electron chi connectivity index (χ4n) is 3.73. The summed E-state index contributed by atoms with van der Waals surface area (Å²) in [7, 11) is 1.78. The number of ether oxygens (including phenoxy) is 1. The van der Waals surface area contributed by atoms with Gasteiger partial charge in [-0.25, -0.2) is 0 Å². The maximum Gasteiger partial charge on any atom is 0.289 e. The minimum atomic E-state index is -0.0649. The number of carbonyl (C=O) groups is 1. The summed E-state index contributed by atoms with van der Waals surface area (Å²) in [5.41, 5.74) is 2.30. The van der Waals surface area contributed by atoms with Crippen LogP contribution in [0.3, 0.4) is 0 Å². The number of piperazine rings is 1. The largest absolute Gasteiger partial charge is 0.489 e. The molecule has 1 amide bonds. The molecule has 2 heterocycles. The molecule has 0 saturated carbocycles. The van der Waals surface area contributed by atoms with Gasteiger partial charge in [0.15, 0.2) is 11.7 Å². The fourth-order valence-corrected chi connectivity index (χ4v) is 3.73. The van der Waals surface area contributed by atoms with Gasteiger partial charge in [-0.1, -0.05) is 42.5 Å². The van der Waals surface area contributed by atoms with Gasteiger partial charge in [0.2, 0.25) is 0 Å². The first-order valence-electron chi connectivity index (χ1n) is 10.8. The maximum atomic E-state index is 12.5. The quantitative estimate of drug-likeness (QED) is 0.478. The Kier molecular flexibility index (Phi) is 7.07. The molecule has 0 radical (unpaired) electrons. The van der Waals surface area contributed by atoms with Crippen LogP contribution in [0, 0.1) is 0 Å². The summed E-state index contributed by atoms with van der Waals surface area (Å²) >= 11 is 0. The van der Waals surface area contributed by atoms with E-state index < -0.39 is 0 Å². The van der Waals surface area contributed by atoms with Crippen molar-refractivity contribution in [3.8, 4) is 5.75 Å². The van der Waals surface area contributed by atoms with Crippen molar-refractivity contribution in [2.75, 3.05) is 33.2 Å². The summed E-state index contributed by atoms with van der Waals surface area (Å²) in [5.74, 6) is 2.00. The van der Waals surface area contributed by atoms with Crippen molar-refractivity contribution in [1.82, 2.24) is 15.1 Å². The van der Waals surface area contributed by atoms with Crippen molar-refractivity contribution in [2.45, 2.75) is 13.2 Å². The highest BCUT2D eigenvalue weighted by Gasteiger charge is 2.25. The number of hydrogen-bond donors (Lipinski definition) is 1. The number of para-hydroxylation sites is 1. The number of furan rings is 1. The van der Waals surface area contributed by atoms with Gasteiger partial charge >= 0.3 is 0 Å².